The lowest BCUT2D eigenvalue weighted by Gasteiger charge is -2.16. The second-order valence-corrected chi connectivity index (χ2v) is 5.34. The zero-order chi connectivity index (χ0) is 14.7. The van der Waals surface area contributed by atoms with Crippen LogP contribution in [-0.2, 0) is 13.5 Å². The van der Waals surface area contributed by atoms with Gasteiger partial charge in [0.05, 0.1) is 23.6 Å². The van der Waals surface area contributed by atoms with Crippen LogP contribution < -0.4 is 5.32 Å². The number of nitrogens with zero attached hydrogens (tertiary/aromatic N) is 2. The summed E-state index contributed by atoms with van der Waals surface area (Å²) in [5.74, 6) is 1.09. The highest BCUT2D eigenvalue weighted by molar-refractivity contribution is 5.75. The number of para-hydroxylation sites is 2. The standard InChI is InChI=1S/C17H21N3O/c1-3-9-18-15(13-8-10-21-12-13)11-17-19-14-6-4-5-7-16(14)20(17)2/h4-8,10,12,15,18H,3,9,11H2,1-2H3. The lowest BCUT2D eigenvalue weighted by Crippen LogP contribution is -2.24. The van der Waals surface area contributed by atoms with Crippen LogP contribution >= 0.6 is 0 Å². The summed E-state index contributed by atoms with van der Waals surface area (Å²) in [5, 5.41) is 3.58. The molecule has 3 rings (SSSR count). The van der Waals surface area contributed by atoms with Crippen LogP contribution in [0.5, 0.6) is 0 Å². The van der Waals surface area contributed by atoms with Crippen molar-refractivity contribution in [3.05, 3.63) is 54.2 Å². The minimum atomic E-state index is 0.235. The molecule has 2 heterocycles. The molecule has 110 valence electrons. The highest BCUT2D eigenvalue weighted by Gasteiger charge is 2.16. The van der Waals surface area contributed by atoms with E-state index in [1.54, 1.807) is 6.26 Å². The topological polar surface area (TPSA) is 43.0 Å². The van der Waals surface area contributed by atoms with Gasteiger partial charge in [0.25, 0.3) is 0 Å². The Labute approximate surface area is 124 Å². The largest absolute Gasteiger partial charge is 0.472 e. The summed E-state index contributed by atoms with van der Waals surface area (Å²) in [6, 6.07) is 10.5. The van der Waals surface area contributed by atoms with E-state index in [9.17, 15) is 0 Å². The third-order valence-electron chi connectivity index (χ3n) is 3.85. The Kier molecular flexibility index (Phi) is 4.06. The van der Waals surface area contributed by atoms with Gasteiger partial charge >= 0.3 is 0 Å². The average molecular weight is 283 g/mol. The SMILES string of the molecule is CCCNC(Cc1nc2ccccc2n1C)c1ccoc1. The molecule has 0 radical (unpaired) electrons. The third kappa shape index (κ3) is 2.85. The molecular formula is C17H21N3O. The van der Waals surface area contributed by atoms with Gasteiger partial charge in [-0.3, -0.25) is 0 Å². The molecule has 1 atom stereocenters. The van der Waals surface area contributed by atoms with Crippen molar-refractivity contribution in [1.29, 1.82) is 0 Å². The van der Waals surface area contributed by atoms with E-state index in [1.165, 1.54) is 11.1 Å². The van der Waals surface area contributed by atoms with Gasteiger partial charge in [-0.15, -0.1) is 0 Å². The molecule has 0 bridgehead atoms. The zero-order valence-corrected chi connectivity index (χ0v) is 12.5. The highest BCUT2D eigenvalue weighted by Crippen LogP contribution is 2.21. The molecular weight excluding hydrogens is 262 g/mol. The number of hydrogen-bond acceptors (Lipinski definition) is 3. The predicted molar refractivity (Wildman–Crippen MR) is 84.2 cm³/mol. The molecule has 4 nitrogen and oxygen atoms in total. The number of rotatable bonds is 6. The summed E-state index contributed by atoms with van der Waals surface area (Å²) in [7, 11) is 2.08. The highest BCUT2D eigenvalue weighted by atomic mass is 16.3. The maximum Gasteiger partial charge on any atom is 0.111 e. The van der Waals surface area contributed by atoms with Crippen LogP contribution in [0.2, 0.25) is 0 Å². The minimum Gasteiger partial charge on any atom is -0.472 e. The maximum atomic E-state index is 5.24. The molecule has 1 unspecified atom stereocenters. The van der Waals surface area contributed by atoms with Gasteiger partial charge in [-0.05, 0) is 31.2 Å². The van der Waals surface area contributed by atoms with Crippen LogP contribution in [0.4, 0.5) is 0 Å². The van der Waals surface area contributed by atoms with E-state index in [1.807, 2.05) is 18.4 Å². The van der Waals surface area contributed by atoms with Crippen molar-refractivity contribution >= 4 is 11.0 Å². The summed E-state index contributed by atoms with van der Waals surface area (Å²) in [5.41, 5.74) is 3.40. The van der Waals surface area contributed by atoms with Crippen molar-refractivity contribution in [2.24, 2.45) is 7.05 Å². The Morgan fingerprint density at radius 1 is 1.29 bits per heavy atom. The number of nitrogens with one attached hydrogen (secondary N) is 1. The maximum absolute atomic E-state index is 5.24. The van der Waals surface area contributed by atoms with E-state index < -0.39 is 0 Å². The van der Waals surface area contributed by atoms with Gasteiger partial charge in [0.2, 0.25) is 0 Å². The quantitative estimate of drug-likeness (QED) is 0.753. The fourth-order valence-corrected chi connectivity index (χ4v) is 2.66. The summed E-state index contributed by atoms with van der Waals surface area (Å²) in [6.45, 7) is 3.16. The van der Waals surface area contributed by atoms with E-state index in [2.05, 4.69) is 42.1 Å². The van der Waals surface area contributed by atoms with Crippen LogP contribution in [-0.4, -0.2) is 16.1 Å². The molecule has 0 saturated heterocycles. The molecule has 0 aliphatic rings. The van der Waals surface area contributed by atoms with Crippen molar-refractivity contribution < 1.29 is 4.42 Å². The number of hydrogen-bond donors (Lipinski definition) is 1. The van der Waals surface area contributed by atoms with Gasteiger partial charge in [-0.2, -0.15) is 0 Å². The molecule has 0 amide bonds. The summed E-state index contributed by atoms with van der Waals surface area (Å²) in [4.78, 5) is 4.76. The smallest absolute Gasteiger partial charge is 0.111 e. The van der Waals surface area contributed by atoms with Gasteiger partial charge in [0.15, 0.2) is 0 Å². The summed E-state index contributed by atoms with van der Waals surface area (Å²) < 4.78 is 7.41. The van der Waals surface area contributed by atoms with Gasteiger partial charge in [0.1, 0.15) is 5.82 Å². The number of aryl methyl sites for hydroxylation is 1. The zero-order valence-electron chi connectivity index (χ0n) is 12.5. The van der Waals surface area contributed by atoms with Crippen LogP contribution in [0, 0.1) is 0 Å². The number of furan rings is 1. The molecule has 4 heteroatoms. The average Bonchev–Trinajstić information content (AvgIpc) is 3.13. The lowest BCUT2D eigenvalue weighted by atomic mass is 10.1. The Morgan fingerprint density at radius 2 is 2.14 bits per heavy atom. The molecule has 0 fully saturated rings. The Hall–Kier alpha value is -2.07. The predicted octanol–water partition coefficient (Wildman–Crippen LogP) is 3.45. The molecule has 3 aromatic rings. The van der Waals surface area contributed by atoms with Gasteiger partial charge in [-0.25, -0.2) is 4.98 Å². The van der Waals surface area contributed by atoms with E-state index in [0.717, 1.165) is 30.7 Å². The second-order valence-electron chi connectivity index (χ2n) is 5.34. The fraction of sp³-hybridized carbons (Fsp3) is 0.353. The third-order valence-corrected chi connectivity index (χ3v) is 3.85. The monoisotopic (exact) mass is 283 g/mol. The Bertz CT molecular complexity index is 700. The molecule has 2 aromatic heterocycles. The number of benzene rings is 1. The van der Waals surface area contributed by atoms with Gasteiger partial charge < -0.3 is 14.3 Å². The molecule has 1 aromatic carbocycles. The first-order valence-electron chi connectivity index (χ1n) is 7.45. The van der Waals surface area contributed by atoms with E-state index in [4.69, 9.17) is 9.40 Å². The first-order chi connectivity index (χ1) is 10.3. The normalized spacial score (nSPS) is 12.9. The second kappa shape index (κ2) is 6.14. The Balaban J connectivity index is 1.88. The first kappa shape index (κ1) is 13.9. The van der Waals surface area contributed by atoms with Crippen LogP contribution in [0.1, 0.15) is 30.8 Å². The van der Waals surface area contributed by atoms with Crippen molar-refractivity contribution in [1.82, 2.24) is 14.9 Å². The molecule has 21 heavy (non-hydrogen) atoms. The molecule has 0 spiro atoms. The number of imidazole rings is 1. The molecule has 1 N–H and O–H groups in total. The summed E-state index contributed by atoms with van der Waals surface area (Å²) in [6.07, 6.45) is 5.50. The minimum absolute atomic E-state index is 0.235. The number of fused-ring (bicyclic) bond motifs is 1. The van der Waals surface area contributed by atoms with Crippen LogP contribution in [0.15, 0.2) is 47.3 Å². The fourth-order valence-electron chi connectivity index (χ4n) is 2.66. The number of aromatic nitrogens is 2. The van der Waals surface area contributed by atoms with Crippen molar-refractivity contribution in [3.8, 4) is 0 Å². The lowest BCUT2D eigenvalue weighted by molar-refractivity contribution is 0.500. The van der Waals surface area contributed by atoms with E-state index in [-0.39, 0.29) is 6.04 Å². The van der Waals surface area contributed by atoms with E-state index >= 15 is 0 Å². The van der Waals surface area contributed by atoms with Gasteiger partial charge in [-0.1, -0.05) is 19.1 Å². The summed E-state index contributed by atoms with van der Waals surface area (Å²) >= 11 is 0. The van der Waals surface area contributed by atoms with Crippen molar-refractivity contribution in [3.63, 3.8) is 0 Å². The first-order valence-corrected chi connectivity index (χ1v) is 7.45. The molecule has 0 saturated carbocycles. The van der Waals surface area contributed by atoms with Crippen LogP contribution in [0.25, 0.3) is 11.0 Å². The molecule has 0 aliphatic carbocycles. The van der Waals surface area contributed by atoms with Crippen molar-refractivity contribution in [2.75, 3.05) is 6.54 Å². The van der Waals surface area contributed by atoms with Crippen LogP contribution in [0.3, 0.4) is 0 Å². The van der Waals surface area contributed by atoms with E-state index in [0.29, 0.717) is 0 Å². The Morgan fingerprint density at radius 3 is 2.86 bits per heavy atom. The van der Waals surface area contributed by atoms with Gasteiger partial charge in [0, 0.05) is 25.1 Å². The molecule has 0 aliphatic heterocycles. The van der Waals surface area contributed by atoms with Crippen molar-refractivity contribution in [2.45, 2.75) is 25.8 Å².